The van der Waals surface area contributed by atoms with Gasteiger partial charge in [-0.15, -0.1) is 0 Å². The monoisotopic (exact) mass is 450 g/mol. The number of hydrogen-bond acceptors (Lipinski definition) is 3. The summed E-state index contributed by atoms with van der Waals surface area (Å²) in [6.07, 6.45) is 1.96. The molecule has 2 rings (SSSR count). The van der Waals surface area contributed by atoms with Gasteiger partial charge in [-0.2, -0.15) is 0 Å². The van der Waals surface area contributed by atoms with Gasteiger partial charge in [0.15, 0.2) is 0 Å². The number of benzene rings is 2. The van der Waals surface area contributed by atoms with Crippen LogP contribution in [-0.4, -0.2) is 36.4 Å². The van der Waals surface area contributed by atoms with Crippen LogP contribution in [0, 0.1) is 0 Å². The number of carbonyl (C=O) groups excluding carboxylic acids is 2. The number of carbonyl (C=O) groups is 2. The first-order valence-corrected chi connectivity index (χ1v) is 10.7. The second kappa shape index (κ2) is 11.8. The van der Waals surface area contributed by atoms with Crippen molar-refractivity contribution in [1.29, 1.82) is 0 Å². The number of nitrogens with one attached hydrogen (secondary N) is 1. The molecule has 0 aromatic heterocycles. The van der Waals surface area contributed by atoms with Crippen LogP contribution in [0.25, 0.3) is 0 Å². The summed E-state index contributed by atoms with van der Waals surface area (Å²) in [4.78, 5) is 27.4. The minimum absolute atomic E-state index is 0.0821. The average molecular weight is 451 g/mol. The number of unbranched alkanes of at least 4 members (excludes halogenated alkanes) is 1. The third-order valence-corrected chi connectivity index (χ3v) is 5.45. The van der Waals surface area contributed by atoms with E-state index in [1.807, 2.05) is 24.3 Å². The molecule has 0 bridgehead atoms. The van der Waals surface area contributed by atoms with Gasteiger partial charge in [0.25, 0.3) is 0 Å². The molecule has 0 radical (unpaired) electrons. The minimum Gasteiger partial charge on any atom is -0.497 e. The van der Waals surface area contributed by atoms with Gasteiger partial charge in [0.1, 0.15) is 11.8 Å². The Balaban J connectivity index is 2.21. The highest BCUT2D eigenvalue weighted by Gasteiger charge is 2.26. The van der Waals surface area contributed by atoms with Gasteiger partial charge in [-0.25, -0.2) is 0 Å². The minimum atomic E-state index is -0.623. The van der Waals surface area contributed by atoms with Gasteiger partial charge in [0, 0.05) is 23.1 Å². The van der Waals surface area contributed by atoms with Crippen LogP contribution >= 0.6 is 23.2 Å². The maximum absolute atomic E-state index is 13.2. The van der Waals surface area contributed by atoms with Crippen LogP contribution in [0.5, 0.6) is 5.75 Å². The Morgan fingerprint density at radius 1 is 1.13 bits per heavy atom. The Morgan fingerprint density at radius 3 is 2.43 bits per heavy atom. The van der Waals surface area contributed by atoms with Gasteiger partial charge in [0.05, 0.1) is 13.5 Å². The molecule has 0 unspecified atom stereocenters. The molecule has 2 amide bonds. The topological polar surface area (TPSA) is 58.6 Å². The zero-order valence-electron chi connectivity index (χ0n) is 17.6. The van der Waals surface area contributed by atoms with Crippen LogP contribution in [0.4, 0.5) is 0 Å². The molecule has 0 aliphatic heterocycles. The Kier molecular flexibility index (Phi) is 9.47. The largest absolute Gasteiger partial charge is 0.497 e. The van der Waals surface area contributed by atoms with Gasteiger partial charge >= 0.3 is 0 Å². The van der Waals surface area contributed by atoms with E-state index in [-0.39, 0.29) is 18.2 Å². The first-order chi connectivity index (χ1) is 14.3. The predicted octanol–water partition coefficient (Wildman–Crippen LogP) is 4.88. The molecule has 0 spiro atoms. The van der Waals surface area contributed by atoms with Crippen molar-refractivity contribution >= 4 is 35.0 Å². The van der Waals surface area contributed by atoms with Crippen molar-refractivity contribution in [2.75, 3.05) is 13.7 Å². The molecule has 0 saturated heterocycles. The van der Waals surface area contributed by atoms with E-state index in [0.29, 0.717) is 28.7 Å². The second-order valence-corrected chi connectivity index (χ2v) is 7.95. The fraction of sp³-hybridized carbons (Fsp3) is 0.391. The molecule has 2 aromatic carbocycles. The van der Waals surface area contributed by atoms with Crippen LogP contribution < -0.4 is 10.1 Å². The van der Waals surface area contributed by atoms with E-state index >= 15 is 0 Å². The van der Waals surface area contributed by atoms with E-state index in [4.69, 9.17) is 27.9 Å². The van der Waals surface area contributed by atoms with Crippen LogP contribution in [0.3, 0.4) is 0 Å². The van der Waals surface area contributed by atoms with Crippen molar-refractivity contribution in [1.82, 2.24) is 10.2 Å². The lowest BCUT2D eigenvalue weighted by Gasteiger charge is -2.29. The lowest BCUT2D eigenvalue weighted by atomic mass is 10.1. The third kappa shape index (κ3) is 6.92. The molecule has 7 heteroatoms. The highest BCUT2D eigenvalue weighted by atomic mass is 35.5. The molecule has 2 aromatic rings. The Labute approximate surface area is 188 Å². The molecule has 0 saturated carbocycles. The number of amides is 2. The first-order valence-electron chi connectivity index (χ1n) is 9.99. The number of methoxy groups -OCH3 is 1. The molecule has 1 N–H and O–H groups in total. The summed E-state index contributed by atoms with van der Waals surface area (Å²) in [5.74, 6) is 0.371. The smallest absolute Gasteiger partial charge is 0.242 e. The average Bonchev–Trinajstić information content (AvgIpc) is 2.74. The molecular formula is C23H28Cl2N2O3. The van der Waals surface area contributed by atoms with E-state index < -0.39 is 6.04 Å². The van der Waals surface area contributed by atoms with Crippen molar-refractivity contribution in [3.05, 3.63) is 63.6 Å². The summed E-state index contributed by atoms with van der Waals surface area (Å²) in [5, 5.41) is 3.85. The summed E-state index contributed by atoms with van der Waals surface area (Å²) in [6, 6.07) is 11.9. The van der Waals surface area contributed by atoms with Crippen LogP contribution in [-0.2, 0) is 22.6 Å². The molecule has 0 aliphatic carbocycles. The summed E-state index contributed by atoms with van der Waals surface area (Å²) < 4.78 is 5.19. The highest BCUT2D eigenvalue weighted by Crippen LogP contribution is 2.23. The Hall–Kier alpha value is -2.24. The second-order valence-electron chi connectivity index (χ2n) is 7.10. The van der Waals surface area contributed by atoms with E-state index in [0.717, 1.165) is 24.2 Å². The van der Waals surface area contributed by atoms with Gasteiger partial charge in [-0.3, -0.25) is 9.59 Å². The highest BCUT2D eigenvalue weighted by molar-refractivity contribution is 6.35. The van der Waals surface area contributed by atoms with Crippen LogP contribution in [0.1, 0.15) is 37.8 Å². The third-order valence-electron chi connectivity index (χ3n) is 4.87. The molecule has 0 aliphatic rings. The zero-order chi connectivity index (χ0) is 22.1. The van der Waals surface area contributed by atoms with Gasteiger partial charge in [0.2, 0.25) is 11.8 Å². The zero-order valence-corrected chi connectivity index (χ0v) is 19.1. The standard InChI is InChI=1S/C23H28Cl2N2O3/c1-4-5-12-26-23(29)16(2)27(15-17-6-10-20(30-3)11-7-17)22(28)13-18-8-9-19(24)14-21(18)25/h6-11,14,16H,4-5,12-13,15H2,1-3H3,(H,26,29)/t16-/m1/s1. The van der Waals surface area contributed by atoms with Gasteiger partial charge < -0.3 is 15.0 Å². The summed E-state index contributed by atoms with van der Waals surface area (Å²) in [5.41, 5.74) is 1.57. The molecule has 1 atom stereocenters. The van der Waals surface area contributed by atoms with Crippen molar-refractivity contribution in [2.24, 2.45) is 0 Å². The van der Waals surface area contributed by atoms with Crippen molar-refractivity contribution in [3.8, 4) is 5.75 Å². The molecule has 0 heterocycles. The molecule has 162 valence electrons. The Morgan fingerprint density at radius 2 is 1.83 bits per heavy atom. The number of nitrogens with zero attached hydrogens (tertiary/aromatic N) is 1. The summed E-state index contributed by atoms with van der Waals surface area (Å²) in [7, 11) is 1.60. The fourth-order valence-corrected chi connectivity index (χ4v) is 3.45. The normalized spacial score (nSPS) is 11.6. The van der Waals surface area contributed by atoms with Crippen LogP contribution in [0.2, 0.25) is 10.0 Å². The van der Waals surface area contributed by atoms with Crippen molar-refractivity contribution in [2.45, 2.75) is 45.7 Å². The van der Waals surface area contributed by atoms with E-state index in [1.54, 1.807) is 37.1 Å². The van der Waals surface area contributed by atoms with E-state index in [1.165, 1.54) is 0 Å². The molecule has 0 fully saturated rings. The SMILES string of the molecule is CCCCNC(=O)[C@@H](C)N(Cc1ccc(OC)cc1)C(=O)Cc1ccc(Cl)cc1Cl. The fourth-order valence-electron chi connectivity index (χ4n) is 2.98. The quantitative estimate of drug-likeness (QED) is 0.524. The molecule has 30 heavy (non-hydrogen) atoms. The number of rotatable bonds is 10. The number of ether oxygens (including phenoxy) is 1. The maximum atomic E-state index is 13.2. The van der Waals surface area contributed by atoms with Crippen molar-refractivity contribution < 1.29 is 14.3 Å². The molecule has 5 nitrogen and oxygen atoms in total. The van der Waals surface area contributed by atoms with Gasteiger partial charge in [-0.05, 0) is 48.7 Å². The van der Waals surface area contributed by atoms with E-state index in [2.05, 4.69) is 12.2 Å². The van der Waals surface area contributed by atoms with E-state index in [9.17, 15) is 9.59 Å². The van der Waals surface area contributed by atoms with Crippen LogP contribution in [0.15, 0.2) is 42.5 Å². The summed E-state index contributed by atoms with van der Waals surface area (Å²) in [6.45, 7) is 4.70. The first kappa shape index (κ1) is 24.0. The van der Waals surface area contributed by atoms with Gasteiger partial charge in [-0.1, -0.05) is 54.7 Å². The summed E-state index contributed by atoms with van der Waals surface area (Å²) >= 11 is 12.2. The number of halogens is 2. The lowest BCUT2D eigenvalue weighted by molar-refractivity contribution is -0.140. The Bertz CT molecular complexity index is 856. The number of hydrogen-bond donors (Lipinski definition) is 1. The lowest BCUT2D eigenvalue weighted by Crippen LogP contribution is -2.48. The predicted molar refractivity (Wildman–Crippen MR) is 121 cm³/mol. The maximum Gasteiger partial charge on any atom is 0.242 e. The van der Waals surface area contributed by atoms with Crippen molar-refractivity contribution in [3.63, 3.8) is 0 Å². The molecular weight excluding hydrogens is 423 g/mol.